The maximum atomic E-state index is 13.7. The number of hydrogen-bond acceptors (Lipinski definition) is 11. The Balaban J connectivity index is 1.39. The number of carbonyl (C=O) groups is 1. The normalized spacial score (nSPS) is 11.8. The van der Waals surface area contributed by atoms with E-state index in [0.717, 1.165) is 22.3 Å². The molecular weight excluding hydrogens is 803 g/mol. The number of aryl methyl sites for hydroxylation is 3. The molecule has 0 atom stereocenters. The molecule has 0 bridgehead atoms. The van der Waals surface area contributed by atoms with Crippen molar-refractivity contribution in [2.24, 2.45) is 0 Å². The zero-order valence-corrected chi connectivity index (χ0v) is 34.1. The van der Waals surface area contributed by atoms with E-state index in [9.17, 15) is 30.0 Å². The van der Waals surface area contributed by atoms with Gasteiger partial charge in [0.1, 0.15) is 11.5 Å². The average molecular weight is 842 g/mol. The van der Waals surface area contributed by atoms with Gasteiger partial charge >= 0.3 is 16.2 Å². The average Bonchev–Trinajstić information content (AvgIpc) is 3.20. The molecule has 1 amide bonds. The fraction of sp³-hybridized carbons (Fsp3) is 0.140. The summed E-state index contributed by atoms with van der Waals surface area (Å²) in [4.78, 5) is 12.0. The molecule has 12 nitrogen and oxygen atoms in total. The van der Waals surface area contributed by atoms with Crippen LogP contribution in [0.15, 0.2) is 154 Å². The number of hydrogen-bond donors (Lipinski definition) is 1. The van der Waals surface area contributed by atoms with E-state index in [1.165, 1.54) is 48.5 Å². The molecule has 0 saturated heterocycles. The Hall–Kier alpha value is -5.84. The van der Waals surface area contributed by atoms with Crippen molar-refractivity contribution in [3.8, 4) is 16.9 Å². The van der Waals surface area contributed by atoms with E-state index in [2.05, 4.69) is 5.32 Å². The smallest absolute Gasteiger partial charge is 0.411 e. The van der Waals surface area contributed by atoms with Crippen molar-refractivity contribution in [3.63, 3.8) is 0 Å². The highest BCUT2D eigenvalue weighted by atomic mass is 32.2. The highest BCUT2D eigenvalue weighted by Gasteiger charge is 2.26. The highest BCUT2D eigenvalue weighted by molar-refractivity contribution is 7.87. The van der Waals surface area contributed by atoms with E-state index in [1.54, 1.807) is 81.4 Å². The molecule has 0 spiro atoms. The molecule has 0 unspecified atom stereocenters. The molecule has 0 aliphatic rings. The molecule has 6 rings (SSSR count). The lowest BCUT2D eigenvalue weighted by molar-refractivity contribution is 0.155. The molecule has 0 heterocycles. The lowest BCUT2D eigenvalue weighted by atomic mass is 9.99. The standard InChI is InChI=1S/C43H39NO11S3/c1-30-9-19-39(20-10-30)56(46,47)53-28-36-25-35(34-15-17-38(18-16-34)44-43(45)52-27-33-7-5-4-6-8-33)26-37(29-54-57(48,49)40-21-11-31(2)12-22-40)42(36)55-58(50,51)41-23-13-32(3)14-24-41/h4-26H,27-29H2,1-3H3,(H,44,45). The Kier molecular flexibility index (Phi) is 12.8. The minimum Gasteiger partial charge on any atom is -0.444 e. The lowest BCUT2D eigenvalue weighted by Crippen LogP contribution is -2.15. The van der Waals surface area contributed by atoms with Gasteiger partial charge in [0.25, 0.3) is 20.2 Å². The predicted molar refractivity (Wildman–Crippen MR) is 217 cm³/mol. The first-order chi connectivity index (χ1) is 27.6. The molecular formula is C43H39NO11S3. The number of anilines is 1. The summed E-state index contributed by atoms with van der Waals surface area (Å²) in [5.74, 6) is -0.387. The van der Waals surface area contributed by atoms with Gasteiger partial charge in [-0.25, -0.2) is 4.79 Å². The van der Waals surface area contributed by atoms with Crippen LogP contribution in [0.5, 0.6) is 5.75 Å². The van der Waals surface area contributed by atoms with Crippen molar-refractivity contribution < 1.29 is 47.3 Å². The van der Waals surface area contributed by atoms with Gasteiger partial charge in [0, 0.05) is 16.8 Å². The lowest BCUT2D eigenvalue weighted by Gasteiger charge is -2.19. The van der Waals surface area contributed by atoms with Crippen LogP contribution in [0.2, 0.25) is 0 Å². The van der Waals surface area contributed by atoms with Crippen LogP contribution in [0.3, 0.4) is 0 Å². The minimum absolute atomic E-state index is 0.0538. The molecule has 6 aromatic rings. The summed E-state index contributed by atoms with van der Waals surface area (Å²) in [6, 6.07) is 36.4. The summed E-state index contributed by atoms with van der Waals surface area (Å²) in [5, 5.41) is 2.66. The second kappa shape index (κ2) is 17.7. The van der Waals surface area contributed by atoms with E-state index in [4.69, 9.17) is 17.3 Å². The fourth-order valence-corrected chi connectivity index (χ4v) is 8.33. The van der Waals surface area contributed by atoms with E-state index in [0.29, 0.717) is 16.8 Å². The second-order valence-electron chi connectivity index (χ2n) is 13.3. The first kappa shape index (κ1) is 41.8. The third-order valence-corrected chi connectivity index (χ3v) is 12.6. The largest absolute Gasteiger partial charge is 0.444 e. The SMILES string of the molecule is Cc1ccc(S(=O)(=O)OCc2cc(-c3ccc(NC(=O)OCc4ccccc4)cc3)cc(COS(=O)(=O)c3ccc(C)cc3)c2OS(=O)(=O)c2ccc(C)cc2)cc1. The molecule has 0 saturated carbocycles. The van der Waals surface area contributed by atoms with Gasteiger partial charge < -0.3 is 8.92 Å². The van der Waals surface area contributed by atoms with E-state index in [-0.39, 0.29) is 38.2 Å². The van der Waals surface area contributed by atoms with Crippen molar-refractivity contribution in [1.82, 2.24) is 0 Å². The Morgan fingerprint density at radius 3 is 1.38 bits per heavy atom. The van der Waals surface area contributed by atoms with Crippen LogP contribution in [-0.4, -0.2) is 31.3 Å². The Labute approximate surface area is 338 Å². The summed E-state index contributed by atoms with van der Waals surface area (Å²) >= 11 is 0. The van der Waals surface area contributed by atoms with Crippen molar-refractivity contribution in [2.75, 3.05) is 5.32 Å². The summed E-state index contributed by atoms with van der Waals surface area (Å²) < 4.78 is 103. The monoisotopic (exact) mass is 841 g/mol. The van der Waals surface area contributed by atoms with Crippen LogP contribution in [0.4, 0.5) is 10.5 Å². The summed E-state index contributed by atoms with van der Waals surface area (Å²) in [6.07, 6.45) is -0.684. The number of benzene rings is 6. The third-order valence-electron chi connectivity index (χ3n) is 8.78. The minimum atomic E-state index is -4.58. The van der Waals surface area contributed by atoms with Crippen LogP contribution >= 0.6 is 0 Å². The zero-order chi connectivity index (χ0) is 41.5. The summed E-state index contributed by atoms with van der Waals surface area (Å²) in [7, 11) is -13.3. The Bertz CT molecular complexity index is 2620. The number of amides is 1. The predicted octanol–water partition coefficient (Wildman–Crippen LogP) is 8.61. The van der Waals surface area contributed by atoms with Gasteiger partial charge in [-0.2, -0.15) is 25.3 Å². The van der Waals surface area contributed by atoms with Gasteiger partial charge in [-0.1, -0.05) is 95.6 Å². The molecule has 58 heavy (non-hydrogen) atoms. The molecule has 0 fully saturated rings. The zero-order valence-electron chi connectivity index (χ0n) is 31.6. The first-order valence-corrected chi connectivity index (χ1v) is 22.0. The Morgan fingerprint density at radius 1 is 0.500 bits per heavy atom. The molecule has 0 aromatic heterocycles. The van der Waals surface area contributed by atoms with Crippen LogP contribution in [0, 0.1) is 20.8 Å². The van der Waals surface area contributed by atoms with Crippen LogP contribution in [0.1, 0.15) is 33.4 Å². The van der Waals surface area contributed by atoms with Gasteiger partial charge in [0.15, 0.2) is 5.75 Å². The summed E-state index contributed by atoms with van der Waals surface area (Å²) in [6.45, 7) is 4.01. The van der Waals surface area contributed by atoms with Crippen molar-refractivity contribution in [2.45, 2.75) is 55.3 Å². The first-order valence-electron chi connectivity index (χ1n) is 17.8. The number of ether oxygens (including phenoxy) is 1. The van der Waals surface area contributed by atoms with Crippen LogP contribution in [0.25, 0.3) is 11.1 Å². The number of rotatable bonds is 15. The van der Waals surface area contributed by atoms with Gasteiger partial charge in [-0.15, -0.1) is 0 Å². The molecule has 0 radical (unpaired) electrons. The van der Waals surface area contributed by atoms with Crippen LogP contribution in [-0.2, 0) is 63.3 Å². The van der Waals surface area contributed by atoms with Crippen molar-refractivity contribution >= 4 is 42.1 Å². The van der Waals surface area contributed by atoms with Crippen molar-refractivity contribution in [1.29, 1.82) is 0 Å². The number of carbonyl (C=O) groups excluding carboxylic acids is 1. The quantitative estimate of drug-likeness (QED) is 0.0983. The summed E-state index contributed by atoms with van der Waals surface area (Å²) in [5.41, 5.74) is 4.43. The van der Waals surface area contributed by atoms with E-state index < -0.39 is 49.7 Å². The second-order valence-corrected chi connectivity index (χ2v) is 18.1. The van der Waals surface area contributed by atoms with E-state index >= 15 is 0 Å². The molecule has 0 aliphatic heterocycles. The fourth-order valence-electron chi connectivity index (χ4n) is 5.56. The number of nitrogens with one attached hydrogen (secondary N) is 1. The topological polar surface area (TPSA) is 168 Å². The third kappa shape index (κ3) is 10.8. The Morgan fingerprint density at radius 2 is 0.931 bits per heavy atom. The maximum Gasteiger partial charge on any atom is 0.411 e. The van der Waals surface area contributed by atoms with E-state index in [1.807, 2.05) is 30.3 Å². The maximum absolute atomic E-state index is 13.7. The van der Waals surface area contributed by atoms with Gasteiger partial charge in [0.05, 0.1) is 23.0 Å². The van der Waals surface area contributed by atoms with Gasteiger partial charge in [0.2, 0.25) is 0 Å². The molecule has 6 aromatic carbocycles. The molecule has 1 N–H and O–H groups in total. The molecule has 0 aliphatic carbocycles. The van der Waals surface area contributed by atoms with Crippen molar-refractivity contribution in [3.05, 3.63) is 173 Å². The molecule has 300 valence electrons. The van der Waals surface area contributed by atoms with Crippen LogP contribution < -0.4 is 9.50 Å². The molecule has 15 heteroatoms. The van der Waals surface area contributed by atoms with Gasteiger partial charge in [-0.3, -0.25) is 13.7 Å². The highest BCUT2D eigenvalue weighted by Crippen LogP contribution is 2.36. The van der Waals surface area contributed by atoms with Gasteiger partial charge in [-0.05, 0) is 98.1 Å².